The molecule has 6 heteroatoms. The van der Waals surface area contributed by atoms with E-state index in [1.165, 1.54) is 18.3 Å². The number of piperidine rings is 1. The summed E-state index contributed by atoms with van der Waals surface area (Å²) < 4.78 is 14.7. The van der Waals surface area contributed by atoms with Gasteiger partial charge in [0.25, 0.3) is 5.56 Å². The average molecular weight is 261 g/mol. The highest BCUT2D eigenvalue weighted by molar-refractivity contribution is 5.83. The number of nitrogens with one attached hydrogen (secondary N) is 1. The molecule has 1 aromatic heterocycles. The van der Waals surface area contributed by atoms with E-state index in [1.807, 2.05) is 0 Å². The molecule has 1 N–H and O–H groups in total. The van der Waals surface area contributed by atoms with Gasteiger partial charge in [-0.05, 0) is 25.0 Å². The highest BCUT2D eigenvalue weighted by Crippen LogP contribution is 2.17. The van der Waals surface area contributed by atoms with Crippen molar-refractivity contribution in [1.29, 1.82) is 0 Å². The minimum atomic E-state index is -0.603. The molecular weight excluding hydrogens is 249 g/mol. The van der Waals surface area contributed by atoms with E-state index in [0.29, 0.717) is 13.0 Å². The van der Waals surface area contributed by atoms with Crippen LogP contribution in [0.2, 0.25) is 0 Å². The number of nitrogens with zero attached hydrogens (tertiary/aromatic N) is 2. The molecule has 98 valence electrons. The van der Waals surface area contributed by atoms with E-state index in [1.54, 1.807) is 6.07 Å². The van der Waals surface area contributed by atoms with Gasteiger partial charge in [-0.1, -0.05) is 6.07 Å². The lowest BCUT2D eigenvalue weighted by atomic mass is 10.1. The third-order valence-corrected chi connectivity index (χ3v) is 3.35. The van der Waals surface area contributed by atoms with Gasteiger partial charge in [-0.3, -0.25) is 9.59 Å². The monoisotopic (exact) mass is 261 g/mol. The summed E-state index contributed by atoms with van der Waals surface area (Å²) in [5.74, 6) is -0.695. The number of benzene rings is 1. The van der Waals surface area contributed by atoms with Crippen LogP contribution in [0.5, 0.6) is 0 Å². The molecule has 1 aliphatic rings. The normalized spacial score (nSPS) is 19.4. The number of hydrogen-bond acceptors (Lipinski definition) is 3. The maximum Gasteiger partial charge on any atom is 0.275 e. The van der Waals surface area contributed by atoms with E-state index in [9.17, 15) is 14.0 Å². The SMILES string of the molecule is O=C1NCCCC1n1ncc2c(F)cccc2c1=O. The van der Waals surface area contributed by atoms with Crippen molar-refractivity contribution < 1.29 is 9.18 Å². The minimum Gasteiger partial charge on any atom is -0.354 e. The first-order chi connectivity index (χ1) is 9.18. The van der Waals surface area contributed by atoms with Gasteiger partial charge in [-0.2, -0.15) is 5.10 Å². The lowest BCUT2D eigenvalue weighted by Gasteiger charge is -2.22. The summed E-state index contributed by atoms with van der Waals surface area (Å²) in [4.78, 5) is 24.0. The fourth-order valence-electron chi connectivity index (χ4n) is 2.36. The molecule has 2 aromatic rings. The van der Waals surface area contributed by atoms with Crippen LogP contribution in [0.25, 0.3) is 10.8 Å². The smallest absolute Gasteiger partial charge is 0.275 e. The van der Waals surface area contributed by atoms with Crippen molar-refractivity contribution >= 4 is 16.7 Å². The van der Waals surface area contributed by atoms with Crippen LogP contribution in [0, 0.1) is 5.82 Å². The molecule has 1 unspecified atom stereocenters. The highest BCUT2D eigenvalue weighted by atomic mass is 19.1. The molecule has 0 spiro atoms. The summed E-state index contributed by atoms with van der Waals surface area (Å²) in [5, 5.41) is 7.07. The van der Waals surface area contributed by atoms with Crippen molar-refractivity contribution in [1.82, 2.24) is 15.1 Å². The van der Waals surface area contributed by atoms with Gasteiger partial charge in [0.2, 0.25) is 5.91 Å². The predicted octanol–water partition coefficient (Wildman–Crippen LogP) is 0.987. The van der Waals surface area contributed by atoms with E-state index in [4.69, 9.17) is 0 Å². The van der Waals surface area contributed by atoms with Crippen molar-refractivity contribution in [2.45, 2.75) is 18.9 Å². The highest BCUT2D eigenvalue weighted by Gasteiger charge is 2.26. The fraction of sp³-hybridized carbons (Fsp3) is 0.308. The number of fused-ring (bicyclic) bond motifs is 1. The molecule has 2 heterocycles. The largest absolute Gasteiger partial charge is 0.354 e. The van der Waals surface area contributed by atoms with E-state index in [0.717, 1.165) is 11.1 Å². The molecule has 0 saturated carbocycles. The second-order valence-electron chi connectivity index (χ2n) is 4.54. The maximum absolute atomic E-state index is 13.5. The molecule has 1 fully saturated rings. The van der Waals surface area contributed by atoms with Gasteiger partial charge < -0.3 is 5.32 Å². The van der Waals surface area contributed by atoms with Gasteiger partial charge in [0.1, 0.15) is 11.9 Å². The van der Waals surface area contributed by atoms with Gasteiger partial charge in [-0.15, -0.1) is 0 Å². The first-order valence-electron chi connectivity index (χ1n) is 6.12. The van der Waals surface area contributed by atoms with Crippen molar-refractivity contribution in [2.24, 2.45) is 0 Å². The minimum absolute atomic E-state index is 0.181. The van der Waals surface area contributed by atoms with E-state index >= 15 is 0 Å². The summed E-state index contributed by atoms with van der Waals surface area (Å²) in [7, 11) is 0. The van der Waals surface area contributed by atoms with Gasteiger partial charge in [0.15, 0.2) is 0 Å². The number of rotatable bonds is 1. The van der Waals surface area contributed by atoms with E-state index in [2.05, 4.69) is 10.4 Å². The van der Waals surface area contributed by atoms with Gasteiger partial charge in [-0.25, -0.2) is 9.07 Å². The molecule has 1 saturated heterocycles. The Balaban J connectivity index is 2.18. The number of carbonyl (C=O) groups is 1. The van der Waals surface area contributed by atoms with Crippen molar-refractivity contribution in [3.8, 4) is 0 Å². The maximum atomic E-state index is 13.5. The number of aromatic nitrogens is 2. The van der Waals surface area contributed by atoms with Crippen LogP contribution in [0.4, 0.5) is 4.39 Å². The summed E-state index contributed by atoms with van der Waals surface area (Å²) in [6.45, 7) is 0.617. The summed E-state index contributed by atoms with van der Waals surface area (Å²) in [6.07, 6.45) is 2.67. The molecule has 19 heavy (non-hydrogen) atoms. The second-order valence-corrected chi connectivity index (χ2v) is 4.54. The summed E-state index contributed by atoms with van der Waals surface area (Å²) in [5.41, 5.74) is -0.431. The molecule has 0 bridgehead atoms. The van der Waals surface area contributed by atoms with Crippen molar-refractivity contribution in [2.75, 3.05) is 6.54 Å². The Kier molecular flexibility index (Phi) is 2.77. The molecule has 1 amide bonds. The zero-order valence-electron chi connectivity index (χ0n) is 10.1. The van der Waals surface area contributed by atoms with E-state index in [-0.39, 0.29) is 16.7 Å². The summed E-state index contributed by atoms with van der Waals surface area (Å²) in [6, 6.07) is 3.69. The first-order valence-corrected chi connectivity index (χ1v) is 6.12. The zero-order valence-corrected chi connectivity index (χ0v) is 10.1. The Bertz CT molecular complexity index is 711. The van der Waals surface area contributed by atoms with Crippen LogP contribution < -0.4 is 10.9 Å². The first kappa shape index (κ1) is 11.8. The van der Waals surface area contributed by atoms with Gasteiger partial charge in [0, 0.05) is 11.9 Å². The molecule has 1 atom stereocenters. The Hall–Kier alpha value is -2.24. The van der Waals surface area contributed by atoms with Gasteiger partial charge in [0.05, 0.1) is 11.6 Å². The Morgan fingerprint density at radius 2 is 2.16 bits per heavy atom. The molecule has 1 aliphatic heterocycles. The Labute approximate surface area is 108 Å². The van der Waals surface area contributed by atoms with Crippen LogP contribution in [0.3, 0.4) is 0 Å². The second kappa shape index (κ2) is 4.46. The van der Waals surface area contributed by atoms with Crippen LogP contribution in [-0.2, 0) is 4.79 Å². The van der Waals surface area contributed by atoms with E-state index < -0.39 is 17.4 Å². The third kappa shape index (κ3) is 1.89. The fourth-order valence-corrected chi connectivity index (χ4v) is 2.36. The lowest BCUT2D eigenvalue weighted by molar-refractivity contribution is -0.126. The molecule has 0 aliphatic carbocycles. The molecule has 5 nitrogen and oxygen atoms in total. The molecule has 3 rings (SSSR count). The quantitative estimate of drug-likeness (QED) is 0.832. The number of carbonyl (C=O) groups excluding carboxylic acids is 1. The molecule has 1 aromatic carbocycles. The molecule has 0 radical (unpaired) electrons. The zero-order chi connectivity index (χ0) is 13.4. The standard InChI is InChI=1S/C13H12FN3O2/c14-10-4-1-3-8-9(10)7-16-17(13(8)19)11-5-2-6-15-12(11)18/h1,3-4,7,11H,2,5-6H2,(H,15,18). The number of amides is 1. The number of halogens is 1. The third-order valence-electron chi connectivity index (χ3n) is 3.35. The number of hydrogen-bond donors (Lipinski definition) is 1. The Morgan fingerprint density at radius 3 is 2.95 bits per heavy atom. The molecular formula is C13H12FN3O2. The van der Waals surface area contributed by atoms with Crippen LogP contribution >= 0.6 is 0 Å². The van der Waals surface area contributed by atoms with Crippen molar-refractivity contribution in [3.63, 3.8) is 0 Å². The lowest BCUT2D eigenvalue weighted by Crippen LogP contribution is -2.42. The average Bonchev–Trinajstić information content (AvgIpc) is 2.41. The van der Waals surface area contributed by atoms with Crippen LogP contribution in [0.15, 0.2) is 29.2 Å². The Morgan fingerprint density at radius 1 is 1.32 bits per heavy atom. The van der Waals surface area contributed by atoms with Crippen molar-refractivity contribution in [3.05, 3.63) is 40.6 Å². The van der Waals surface area contributed by atoms with Crippen LogP contribution in [0.1, 0.15) is 18.9 Å². The topological polar surface area (TPSA) is 64.0 Å². The van der Waals surface area contributed by atoms with Gasteiger partial charge >= 0.3 is 0 Å². The predicted molar refractivity (Wildman–Crippen MR) is 67.2 cm³/mol. The van der Waals surface area contributed by atoms with Crippen LogP contribution in [-0.4, -0.2) is 22.2 Å². The summed E-state index contributed by atoms with van der Waals surface area (Å²) >= 11 is 0.